The van der Waals surface area contributed by atoms with Gasteiger partial charge in [-0.2, -0.15) is 0 Å². The molecule has 17 heavy (non-hydrogen) atoms. The first-order valence-corrected chi connectivity index (χ1v) is 8.17. The maximum Gasteiger partial charge on any atom is 0.220 e. The van der Waals surface area contributed by atoms with Crippen LogP contribution in [0.1, 0.15) is 58.3 Å². The number of carbonyl (C=O) groups excluding carboxylic acids is 1. The highest BCUT2D eigenvalue weighted by Gasteiger charge is 2.14. The third kappa shape index (κ3) is 7.07. The van der Waals surface area contributed by atoms with Gasteiger partial charge in [-0.25, -0.2) is 0 Å². The minimum Gasteiger partial charge on any atom is -0.356 e. The molecule has 100 valence electrons. The summed E-state index contributed by atoms with van der Waals surface area (Å²) in [6.07, 6.45) is 9.77. The highest BCUT2D eigenvalue weighted by molar-refractivity contribution is 9.09. The first-order valence-electron chi connectivity index (χ1n) is 7.05. The normalized spacial score (nSPS) is 18.9. The molecule has 1 rings (SSSR count). The zero-order valence-corrected chi connectivity index (χ0v) is 12.6. The zero-order valence-electron chi connectivity index (χ0n) is 11.0. The van der Waals surface area contributed by atoms with Crippen molar-refractivity contribution in [1.82, 2.24) is 5.32 Å². The van der Waals surface area contributed by atoms with E-state index in [2.05, 4.69) is 28.2 Å². The SMILES string of the molecule is CC(CCBr)CNC(=O)CCC1CCCCC1. The molecule has 1 aliphatic rings. The molecule has 0 aromatic heterocycles. The standard InChI is InChI=1S/C14H26BrNO/c1-12(9-10-15)11-16-14(17)8-7-13-5-3-2-4-6-13/h12-13H,2-11H2,1H3,(H,16,17). The molecule has 1 amide bonds. The molecule has 1 N–H and O–H groups in total. The molecule has 0 saturated heterocycles. The molecule has 0 heterocycles. The van der Waals surface area contributed by atoms with Gasteiger partial charge in [-0.3, -0.25) is 4.79 Å². The van der Waals surface area contributed by atoms with E-state index in [0.29, 0.717) is 5.92 Å². The Morgan fingerprint density at radius 1 is 1.35 bits per heavy atom. The average molecular weight is 304 g/mol. The molecule has 1 aliphatic carbocycles. The fraction of sp³-hybridized carbons (Fsp3) is 0.929. The summed E-state index contributed by atoms with van der Waals surface area (Å²) >= 11 is 3.43. The molecule has 0 radical (unpaired) electrons. The summed E-state index contributed by atoms with van der Waals surface area (Å²) in [5.41, 5.74) is 0. The summed E-state index contributed by atoms with van der Waals surface area (Å²) in [6.45, 7) is 3.01. The van der Waals surface area contributed by atoms with Crippen LogP contribution in [0.5, 0.6) is 0 Å². The van der Waals surface area contributed by atoms with Gasteiger partial charge in [0.2, 0.25) is 5.91 Å². The summed E-state index contributed by atoms with van der Waals surface area (Å²) in [5, 5.41) is 4.07. The Kier molecular flexibility index (Phi) is 7.91. The summed E-state index contributed by atoms with van der Waals surface area (Å²) in [5.74, 6) is 1.64. The Balaban J connectivity index is 2.04. The summed E-state index contributed by atoms with van der Waals surface area (Å²) < 4.78 is 0. The molecule has 0 aromatic carbocycles. The second-order valence-corrected chi connectivity index (χ2v) is 6.22. The summed E-state index contributed by atoms with van der Waals surface area (Å²) in [4.78, 5) is 11.7. The fourth-order valence-electron chi connectivity index (χ4n) is 2.48. The number of hydrogen-bond donors (Lipinski definition) is 1. The fourth-order valence-corrected chi connectivity index (χ4v) is 3.26. The van der Waals surface area contributed by atoms with Crippen molar-refractivity contribution >= 4 is 21.8 Å². The molecule has 0 bridgehead atoms. The van der Waals surface area contributed by atoms with Crippen LogP contribution in [-0.2, 0) is 4.79 Å². The lowest BCUT2D eigenvalue weighted by molar-refractivity contribution is -0.121. The van der Waals surface area contributed by atoms with Crippen molar-refractivity contribution in [2.75, 3.05) is 11.9 Å². The van der Waals surface area contributed by atoms with Crippen LogP contribution in [0.25, 0.3) is 0 Å². The van der Waals surface area contributed by atoms with Crippen LogP contribution >= 0.6 is 15.9 Å². The summed E-state index contributed by atoms with van der Waals surface area (Å²) in [7, 11) is 0. The third-order valence-electron chi connectivity index (χ3n) is 3.75. The van der Waals surface area contributed by atoms with E-state index >= 15 is 0 Å². The highest BCUT2D eigenvalue weighted by Crippen LogP contribution is 2.27. The van der Waals surface area contributed by atoms with Gasteiger partial charge in [0.15, 0.2) is 0 Å². The van der Waals surface area contributed by atoms with Gasteiger partial charge >= 0.3 is 0 Å². The van der Waals surface area contributed by atoms with E-state index in [4.69, 9.17) is 0 Å². The van der Waals surface area contributed by atoms with Gasteiger partial charge in [0, 0.05) is 18.3 Å². The Bertz CT molecular complexity index is 214. The lowest BCUT2D eigenvalue weighted by atomic mass is 9.86. The number of halogens is 1. The Hall–Kier alpha value is -0.0500. The van der Waals surface area contributed by atoms with Gasteiger partial charge in [0.1, 0.15) is 0 Å². The topological polar surface area (TPSA) is 29.1 Å². The van der Waals surface area contributed by atoms with E-state index in [1.165, 1.54) is 32.1 Å². The number of carbonyl (C=O) groups is 1. The van der Waals surface area contributed by atoms with Crippen LogP contribution in [0.4, 0.5) is 0 Å². The van der Waals surface area contributed by atoms with Gasteiger partial charge in [0.25, 0.3) is 0 Å². The predicted molar refractivity (Wildman–Crippen MR) is 76.4 cm³/mol. The molecule has 1 saturated carbocycles. The van der Waals surface area contributed by atoms with Crippen LogP contribution in [-0.4, -0.2) is 17.8 Å². The largest absolute Gasteiger partial charge is 0.356 e. The van der Waals surface area contributed by atoms with Gasteiger partial charge in [-0.15, -0.1) is 0 Å². The Labute approximate surface area is 114 Å². The molecule has 2 nitrogen and oxygen atoms in total. The third-order valence-corrected chi connectivity index (χ3v) is 4.21. The maximum atomic E-state index is 11.7. The smallest absolute Gasteiger partial charge is 0.220 e. The van der Waals surface area contributed by atoms with Crippen molar-refractivity contribution in [3.63, 3.8) is 0 Å². The van der Waals surface area contributed by atoms with Crippen molar-refractivity contribution in [3.8, 4) is 0 Å². The van der Waals surface area contributed by atoms with Crippen molar-refractivity contribution in [3.05, 3.63) is 0 Å². The predicted octanol–water partition coefficient (Wildman–Crippen LogP) is 3.88. The van der Waals surface area contributed by atoms with Crippen LogP contribution in [0.3, 0.4) is 0 Å². The number of nitrogens with one attached hydrogen (secondary N) is 1. The van der Waals surface area contributed by atoms with E-state index in [-0.39, 0.29) is 5.91 Å². The quantitative estimate of drug-likeness (QED) is 0.710. The molecule has 0 aromatic rings. The molecule has 0 aliphatic heterocycles. The average Bonchev–Trinajstić information content (AvgIpc) is 2.35. The lowest BCUT2D eigenvalue weighted by Crippen LogP contribution is -2.28. The minimum absolute atomic E-state index is 0.247. The van der Waals surface area contributed by atoms with Crippen molar-refractivity contribution in [2.45, 2.75) is 58.3 Å². The number of amides is 1. The van der Waals surface area contributed by atoms with Gasteiger partial charge < -0.3 is 5.32 Å². The first-order chi connectivity index (χ1) is 8.22. The lowest BCUT2D eigenvalue weighted by Gasteiger charge is -2.21. The van der Waals surface area contributed by atoms with Crippen LogP contribution in [0.15, 0.2) is 0 Å². The van der Waals surface area contributed by atoms with Crippen molar-refractivity contribution < 1.29 is 4.79 Å². The molecule has 1 unspecified atom stereocenters. The van der Waals surface area contributed by atoms with Crippen LogP contribution in [0.2, 0.25) is 0 Å². The van der Waals surface area contributed by atoms with E-state index in [1.54, 1.807) is 0 Å². The highest BCUT2D eigenvalue weighted by atomic mass is 79.9. The second kappa shape index (κ2) is 8.96. The molecular weight excluding hydrogens is 278 g/mol. The number of hydrogen-bond acceptors (Lipinski definition) is 1. The van der Waals surface area contributed by atoms with Gasteiger partial charge in [0.05, 0.1) is 0 Å². The van der Waals surface area contributed by atoms with Gasteiger partial charge in [-0.1, -0.05) is 55.0 Å². The molecule has 0 spiro atoms. The minimum atomic E-state index is 0.247. The monoisotopic (exact) mass is 303 g/mol. The number of alkyl halides is 1. The molecule has 1 fully saturated rings. The maximum absolute atomic E-state index is 11.7. The van der Waals surface area contributed by atoms with E-state index < -0.39 is 0 Å². The van der Waals surface area contributed by atoms with Crippen LogP contribution < -0.4 is 5.32 Å². The van der Waals surface area contributed by atoms with Crippen LogP contribution in [0, 0.1) is 11.8 Å². The summed E-state index contributed by atoms with van der Waals surface area (Å²) in [6, 6.07) is 0. The number of rotatable bonds is 7. The van der Waals surface area contributed by atoms with E-state index in [1.807, 2.05) is 0 Å². The molecule has 1 atom stereocenters. The Morgan fingerprint density at radius 2 is 2.06 bits per heavy atom. The zero-order chi connectivity index (χ0) is 12.5. The second-order valence-electron chi connectivity index (χ2n) is 5.43. The van der Waals surface area contributed by atoms with E-state index in [0.717, 1.165) is 37.1 Å². The van der Waals surface area contributed by atoms with Gasteiger partial charge in [-0.05, 0) is 24.7 Å². The first kappa shape index (κ1) is 15.0. The molecule has 3 heteroatoms. The Morgan fingerprint density at radius 3 is 2.71 bits per heavy atom. The molecular formula is C14H26BrNO. The van der Waals surface area contributed by atoms with Crippen molar-refractivity contribution in [2.24, 2.45) is 11.8 Å². The van der Waals surface area contributed by atoms with E-state index in [9.17, 15) is 4.79 Å². The van der Waals surface area contributed by atoms with Crippen molar-refractivity contribution in [1.29, 1.82) is 0 Å².